The number of thioether (sulfide) groups is 1. The molecule has 26 heavy (non-hydrogen) atoms. The Kier molecular flexibility index (Phi) is 5.78. The molecule has 1 aliphatic rings. The number of urea groups is 1. The zero-order valence-electron chi connectivity index (χ0n) is 15.0. The first-order valence-electron chi connectivity index (χ1n) is 8.21. The van der Waals surface area contributed by atoms with Crippen LogP contribution in [0.2, 0.25) is 0 Å². The van der Waals surface area contributed by atoms with E-state index in [1.54, 1.807) is 39.2 Å². The summed E-state index contributed by atoms with van der Waals surface area (Å²) in [5.74, 6) is 2.91. The van der Waals surface area contributed by atoms with Gasteiger partial charge in [-0.15, -0.1) is 11.8 Å². The Morgan fingerprint density at radius 2 is 1.88 bits per heavy atom. The van der Waals surface area contributed by atoms with Crippen molar-refractivity contribution in [2.75, 3.05) is 38.9 Å². The number of methoxy groups -OCH3 is 3. The summed E-state index contributed by atoms with van der Waals surface area (Å²) in [5, 5.41) is 2.88. The molecular formula is C19H22N2O4S. The highest BCUT2D eigenvalue weighted by molar-refractivity contribution is 7.99. The number of amides is 2. The van der Waals surface area contributed by atoms with Gasteiger partial charge in [0.05, 0.1) is 21.3 Å². The summed E-state index contributed by atoms with van der Waals surface area (Å²) in [7, 11) is 4.82. The second-order valence-corrected chi connectivity index (χ2v) is 6.88. The number of ether oxygens (including phenoxy) is 3. The van der Waals surface area contributed by atoms with Gasteiger partial charge >= 0.3 is 6.03 Å². The molecule has 1 saturated heterocycles. The molecule has 0 spiro atoms. The number of hydrogen-bond donors (Lipinski definition) is 1. The zero-order chi connectivity index (χ0) is 18.5. The third kappa shape index (κ3) is 3.83. The van der Waals surface area contributed by atoms with E-state index in [0.717, 1.165) is 11.3 Å². The van der Waals surface area contributed by atoms with E-state index in [1.165, 1.54) is 0 Å². The Morgan fingerprint density at radius 1 is 1.08 bits per heavy atom. The Labute approximate surface area is 157 Å². The molecule has 2 aromatic carbocycles. The van der Waals surface area contributed by atoms with E-state index in [9.17, 15) is 4.79 Å². The van der Waals surface area contributed by atoms with Crippen LogP contribution >= 0.6 is 11.8 Å². The van der Waals surface area contributed by atoms with Crippen LogP contribution in [0.5, 0.6) is 17.2 Å². The molecule has 1 fully saturated rings. The topological polar surface area (TPSA) is 60.0 Å². The number of anilines is 1. The van der Waals surface area contributed by atoms with Crippen molar-refractivity contribution >= 4 is 23.5 Å². The van der Waals surface area contributed by atoms with Gasteiger partial charge in [-0.2, -0.15) is 0 Å². The van der Waals surface area contributed by atoms with Gasteiger partial charge in [0.15, 0.2) is 11.5 Å². The van der Waals surface area contributed by atoms with Crippen LogP contribution in [-0.4, -0.2) is 44.6 Å². The fourth-order valence-electron chi connectivity index (χ4n) is 2.86. The molecule has 0 radical (unpaired) electrons. The van der Waals surface area contributed by atoms with Gasteiger partial charge in [-0.05, 0) is 29.8 Å². The number of rotatable bonds is 5. The first-order chi connectivity index (χ1) is 12.7. The summed E-state index contributed by atoms with van der Waals surface area (Å²) in [6.45, 7) is 0.680. The fraction of sp³-hybridized carbons (Fsp3) is 0.316. The second-order valence-electron chi connectivity index (χ2n) is 5.69. The van der Waals surface area contributed by atoms with Crippen LogP contribution in [-0.2, 0) is 0 Å². The van der Waals surface area contributed by atoms with Crippen LogP contribution in [0.15, 0.2) is 42.5 Å². The van der Waals surface area contributed by atoms with Gasteiger partial charge in [-0.1, -0.05) is 12.1 Å². The first kappa shape index (κ1) is 18.3. The summed E-state index contributed by atoms with van der Waals surface area (Å²) in [5.41, 5.74) is 1.71. The maximum Gasteiger partial charge on any atom is 0.323 e. The molecule has 1 N–H and O–H groups in total. The van der Waals surface area contributed by atoms with Crippen LogP contribution in [0.3, 0.4) is 0 Å². The van der Waals surface area contributed by atoms with E-state index in [2.05, 4.69) is 5.32 Å². The molecule has 0 aromatic heterocycles. The zero-order valence-corrected chi connectivity index (χ0v) is 15.8. The van der Waals surface area contributed by atoms with E-state index < -0.39 is 0 Å². The van der Waals surface area contributed by atoms with Gasteiger partial charge in [0.1, 0.15) is 11.1 Å². The van der Waals surface area contributed by atoms with Gasteiger partial charge in [0.2, 0.25) is 0 Å². The summed E-state index contributed by atoms with van der Waals surface area (Å²) in [6.07, 6.45) is 0. The van der Waals surface area contributed by atoms with E-state index >= 15 is 0 Å². The lowest BCUT2D eigenvalue weighted by Crippen LogP contribution is -2.34. The number of nitrogens with one attached hydrogen (secondary N) is 1. The van der Waals surface area contributed by atoms with E-state index in [0.29, 0.717) is 29.5 Å². The standard InChI is InChI=1S/C19H22N2O4S/c1-23-15-6-4-5-14(12-15)20-19(22)21-9-10-26-18(21)13-7-8-16(24-2)17(11-13)25-3/h4-8,11-12,18H,9-10H2,1-3H3,(H,20,22)/t18-/m0/s1. The average molecular weight is 374 g/mol. The van der Waals surface area contributed by atoms with Crippen molar-refractivity contribution in [1.29, 1.82) is 0 Å². The van der Waals surface area contributed by atoms with Crippen LogP contribution in [0.4, 0.5) is 10.5 Å². The van der Waals surface area contributed by atoms with Gasteiger partial charge < -0.3 is 24.4 Å². The smallest absolute Gasteiger partial charge is 0.323 e. The predicted molar refractivity (Wildman–Crippen MR) is 103 cm³/mol. The maximum atomic E-state index is 12.8. The van der Waals surface area contributed by atoms with Crippen molar-refractivity contribution in [3.8, 4) is 17.2 Å². The lowest BCUT2D eigenvalue weighted by Gasteiger charge is -2.25. The molecule has 3 rings (SSSR count). The van der Waals surface area contributed by atoms with Crippen molar-refractivity contribution in [2.24, 2.45) is 0 Å². The van der Waals surface area contributed by atoms with Gasteiger partial charge in [-0.3, -0.25) is 0 Å². The molecule has 1 heterocycles. The molecular weight excluding hydrogens is 352 g/mol. The highest BCUT2D eigenvalue weighted by Gasteiger charge is 2.31. The van der Waals surface area contributed by atoms with E-state index in [-0.39, 0.29) is 11.4 Å². The minimum Gasteiger partial charge on any atom is -0.497 e. The molecule has 2 aromatic rings. The third-order valence-electron chi connectivity index (χ3n) is 4.17. The molecule has 7 heteroatoms. The lowest BCUT2D eigenvalue weighted by molar-refractivity contribution is 0.214. The van der Waals surface area contributed by atoms with E-state index in [1.807, 2.05) is 41.3 Å². The third-order valence-corrected chi connectivity index (χ3v) is 5.43. The van der Waals surface area contributed by atoms with Gasteiger partial charge in [0, 0.05) is 24.1 Å². The average Bonchev–Trinajstić information content (AvgIpc) is 3.17. The molecule has 0 saturated carbocycles. The molecule has 0 bridgehead atoms. The SMILES string of the molecule is COc1cccc(NC(=O)N2CCS[C@H]2c2ccc(OC)c(OC)c2)c1. The maximum absolute atomic E-state index is 12.8. The highest BCUT2D eigenvalue weighted by atomic mass is 32.2. The second kappa shape index (κ2) is 8.23. The Hall–Kier alpha value is -2.54. The monoisotopic (exact) mass is 374 g/mol. The Balaban J connectivity index is 1.78. The lowest BCUT2D eigenvalue weighted by atomic mass is 10.2. The largest absolute Gasteiger partial charge is 0.497 e. The molecule has 6 nitrogen and oxygen atoms in total. The fourth-order valence-corrected chi connectivity index (χ4v) is 4.10. The van der Waals surface area contributed by atoms with E-state index in [4.69, 9.17) is 14.2 Å². The number of nitrogens with zero attached hydrogens (tertiary/aromatic N) is 1. The molecule has 0 unspecified atom stereocenters. The van der Waals surface area contributed by atoms with Crippen LogP contribution < -0.4 is 19.5 Å². The normalized spacial score (nSPS) is 16.3. The van der Waals surface area contributed by atoms with Crippen LogP contribution in [0.25, 0.3) is 0 Å². The predicted octanol–water partition coefficient (Wildman–Crippen LogP) is 3.99. The Morgan fingerprint density at radius 3 is 2.62 bits per heavy atom. The molecule has 1 aliphatic heterocycles. The van der Waals surface area contributed by atoms with Crippen molar-refractivity contribution in [1.82, 2.24) is 4.90 Å². The van der Waals surface area contributed by atoms with Crippen LogP contribution in [0.1, 0.15) is 10.9 Å². The quantitative estimate of drug-likeness (QED) is 0.857. The first-order valence-corrected chi connectivity index (χ1v) is 9.26. The summed E-state index contributed by atoms with van der Waals surface area (Å²) >= 11 is 1.73. The summed E-state index contributed by atoms with van der Waals surface area (Å²) < 4.78 is 15.9. The number of carbonyl (C=O) groups is 1. The van der Waals surface area contributed by atoms with Crippen molar-refractivity contribution in [2.45, 2.75) is 5.37 Å². The van der Waals surface area contributed by atoms with Crippen LogP contribution in [0, 0.1) is 0 Å². The summed E-state index contributed by atoms with van der Waals surface area (Å²) in [6, 6.07) is 13.0. The highest BCUT2D eigenvalue weighted by Crippen LogP contribution is 2.41. The van der Waals surface area contributed by atoms with Gasteiger partial charge in [-0.25, -0.2) is 4.79 Å². The molecule has 1 atom stereocenters. The number of benzene rings is 2. The molecule has 0 aliphatic carbocycles. The number of hydrogen-bond acceptors (Lipinski definition) is 5. The molecule has 138 valence electrons. The summed E-state index contributed by atoms with van der Waals surface area (Å²) in [4.78, 5) is 14.6. The molecule has 2 amide bonds. The van der Waals surface area contributed by atoms with Crippen molar-refractivity contribution in [3.63, 3.8) is 0 Å². The Bertz CT molecular complexity index is 784. The minimum absolute atomic E-state index is 0.0691. The minimum atomic E-state index is -0.136. The van der Waals surface area contributed by atoms with Gasteiger partial charge in [0.25, 0.3) is 0 Å². The van der Waals surface area contributed by atoms with Crippen molar-refractivity contribution < 1.29 is 19.0 Å². The van der Waals surface area contributed by atoms with Crippen molar-refractivity contribution in [3.05, 3.63) is 48.0 Å². The number of carbonyl (C=O) groups excluding carboxylic acids is 1.